The molecule has 25 heavy (non-hydrogen) atoms. The van der Waals surface area contributed by atoms with E-state index in [0.717, 1.165) is 0 Å². The van der Waals surface area contributed by atoms with Gasteiger partial charge in [-0.3, -0.25) is 14.9 Å². The molecule has 3 rings (SSSR count). The number of nitrogens with zero attached hydrogens (tertiary/aromatic N) is 4. The van der Waals surface area contributed by atoms with Gasteiger partial charge in [0.15, 0.2) is 0 Å². The van der Waals surface area contributed by atoms with Crippen molar-refractivity contribution in [3.8, 4) is 0 Å². The summed E-state index contributed by atoms with van der Waals surface area (Å²) in [6.07, 6.45) is 4.86. The Hall–Kier alpha value is -2.84. The molecule has 1 fully saturated rings. The Bertz CT molecular complexity index is 760. The highest BCUT2D eigenvalue weighted by atomic mass is 16.6. The molecule has 1 amide bonds. The van der Waals surface area contributed by atoms with Crippen molar-refractivity contribution in [1.29, 1.82) is 0 Å². The highest BCUT2D eigenvalue weighted by Gasteiger charge is 2.30. The summed E-state index contributed by atoms with van der Waals surface area (Å²) in [4.78, 5) is 25.1. The number of likely N-dealkylation sites (tertiary alicyclic amines) is 1. The Labute approximate surface area is 144 Å². The zero-order valence-corrected chi connectivity index (χ0v) is 14.3. The number of anilines is 1. The summed E-state index contributed by atoms with van der Waals surface area (Å²) in [6, 6.07) is 1.71. The molecule has 1 saturated heterocycles. The van der Waals surface area contributed by atoms with Crippen LogP contribution in [0.3, 0.4) is 0 Å². The van der Waals surface area contributed by atoms with E-state index < -0.39 is 0 Å². The van der Waals surface area contributed by atoms with Gasteiger partial charge in [0.25, 0.3) is 5.91 Å². The lowest BCUT2D eigenvalue weighted by Gasteiger charge is -2.32. The number of hydrogen-bond acceptors (Lipinski definition) is 6. The molecule has 0 aliphatic carbocycles. The minimum atomic E-state index is -0.383. The quantitative estimate of drug-likeness (QED) is 0.656. The first-order chi connectivity index (χ1) is 12.0. The van der Waals surface area contributed by atoms with Gasteiger partial charge in [0.1, 0.15) is 12.0 Å². The van der Waals surface area contributed by atoms with Gasteiger partial charge in [-0.05, 0) is 25.3 Å². The van der Waals surface area contributed by atoms with Crippen LogP contribution in [0, 0.1) is 10.1 Å². The number of rotatable bonds is 5. The number of hydrogen-bond donors (Lipinski definition) is 1. The molecule has 1 aliphatic rings. The first-order valence-corrected chi connectivity index (χ1v) is 8.29. The van der Waals surface area contributed by atoms with Crippen molar-refractivity contribution in [2.24, 2.45) is 7.05 Å². The number of carbonyl (C=O) groups excluding carboxylic acids is 1. The Morgan fingerprint density at radius 3 is 2.76 bits per heavy atom. The van der Waals surface area contributed by atoms with Crippen molar-refractivity contribution < 1.29 is 14.1 Å². The molecule has 2 aromatic heterocycles. The Balaban J connectivity index is 1.66. The summed E-state index contributed by atoms with van der Waals surface area (Å²) in [5.41, 5.74) is 1.06. The molecule has 1 aliphatic heterocycles. The zero-order valence-electron chi connectivity index (χ0n) is 14.3. The first kappa shape index (κ1) is 17.0. The van der Waals surface area contributed by atoms with E-state index in [1.165, 1.54) is 17.2 Å². The fraction of sp³-hybridized carbons (Fsp3) is 0.500. The smallest absolute Gasteiger partial charge is 0.333 e. The van der Waals surface area contributed by atoms with Crippen molar-refractivity contribution in [2.75, 3.05) is 18.4 Å². The highest BCUT2D eigenvalue weighted by molar-refractivity contribution is 5.93. The van der Waals surface area contributed by atoms with E-state index in [1.54, 1.807) is 18.0 Å². The van der Waals surface area contributed by atoms with Crippen LogP contribution >= 0.6 is 0 Å². The summed E-state index contributed by atoms with van der Waals surface area (Å²) in [7, 11) is 1.70. The summed E-state index contributed by atoms with van der Waals surface area (Å²) in [5.74, 6) is 0.383. The minimum Gasteiger partial charge on any atom is -0.472 e. The van der Waals surface area contributed by atoms with Gasteiger partial charge in [-0.25, -0.2) is 4.68 Å². The fourth-order valence-corrected chi connectivity index (χ4v) is 3.15. The third kappa shape index (κ3) is 3.35. The molecular weight excluding hydrogens is 326 g/mol. The van der Waals surface area contributed by atoms with Crippen LogP contribution in [0.5, 0.6) is 0 Å². The second-order valence-electron chi connectivity index (χ2n) is 6.10. The van der Waals surface area contributed by atoms with E-state index in [0.29, 0.717) is 49.4 Å². The highest BCUT2D eigenvalue weighted by Crippen LogP contribution is 2.30. The number of carbonyl (C=O) groups is 1. The topological polar surface area (TPSA) is 106 Å². The number of amides is 1. The Kier molecular flexibility index (Phi) is 4.73. The predicted molar refractivity (Wildman–Crippen MR) is 90.5 cm³/mol. The van der Waals surface area contributed by atoms with Crippen LogP contribution in [0.15, 0.2) is 23.0 Å². The maximum absolute atomic E-state index is 12.3. The van der Waals surface area contributed by atoms with E-state index in [9.17, 15) is 14.9 Å². The molecule has 3 heterocycles. The summed E-state index contributed by atoms with van der Waals surface area (Å²) < 4.78 is 6.48. The second kappa shape index (κ2) is 6.96. The van der Waals surface area contributed by atoms with Crippen molar-refractivity contribution in [3.63, 3.8) is 0 Å². The van der Waals surface area contributed by atoms with E-state index in [2.05, 4.69) is 10.4 Å². The van der Waals surface area contributed by atoms with Crippen LogP contribution in [0.4, 0.5) is 11.5 Å². The lowest BCUT2D eigenvalue weighted by Crippen LogP contribution is -2.42. The molecule has 134 valence electrons. The molecule has 0 spiro atoms. The maximum atomic E-state index is 12.3. The number of aromatic nitrogens is 2. The molecule has 2 aromatic rings. The first-order valence-electron chi connectivity index (χ1n) is 8.29. The number of piperidine rings is 1. The monoisotopic (exact) mass is 347 g/mol. The summed E-state index contributed by atoms with van der Waals surface area (Å²) >= 11 is 0. The van der Waals surface area contributed by atoms with Crippen molar-refractivity contribution >= 4 is 17.4 Å². The van der Waals surface area contributed by atoms with E-state index in [1.807, 2.05) is 6.92 Å². The minimum absolute atomic E-state index is 0.0434. The predicted octanol–water partition coefficient (Wildman–Crippen LogP) is 2.20. The van der Waals surface area contributed by atoms with Gasteiger partial charge in [0.05, 0.1) is 16.7 Å². The maximum Gasteiger partial charge on any atom is 0.333 e. The summed E-state index contributed by atoms with van der Waals surface area (Å²) in [5, 5.41) is 18.9. The van der Waals surface area contributed by atoms with E-state index in [4.69, 9.17) is 4.42 Å². The average Bonchev–Trinajstić information content (AvgIpc) is 3.23. The molecule has 0 bridgehead atoms. The van der Waals surface area contributed by atoms with Crippen LogP contribution in [0.2, 0.25) is 0 Å². The van der Waals surface area contributed by atoms with Crippen LogP contribution < -0.4 is 5.32 Å². The molecule has 0 atom stereocenters. The second-order valence-corrected chi connectivity index (χ2v) is 6.10. The van der Waals surface area contributed by atoms with Gasteiger partial charge in [-0.15, -0.1) is 0 Å². The van der Waals surface area contributed by atoms with Crippen molar-refractivity contribution in [2.45, 2.75) is 32.2 Å². The molecule has 0 unspecified atom stereocenters. The van der Waals surface area contributed by atoms with Gasteiger partial charge in [-0.1, -0.05) is 6.92 Å². The van der Waals surface area contributed by atoms with Crippen LogP contribution in [0.25, 0.3) is 0 Å². The normalized spacial score (nSPS) is 15.4. The number of nitrogens with one attached hydrogen (secondary N) is 1. The number of aryl methyl sites for hydroxylation is 2. The standard InChI is InChI=1S/C16H21N5O4/c1-3-13-14(21(23)24)15(19(2)18-13)17-12-4-7-20(8-5-12)16(22)11-6-9-25-10-11/h6,9-10,12,17H,3-5,7-8H2,1-2H3. The van der Waals surface area contributed by atoms with Crippen molar-refractivity contribution in [3.05, 3.63) is 40.0 Å². The zero-order chi connectivity index (χ0) is 18.0. The van der Waals surface area contributed by atoms with Crippen molar-refractivity contribution in [1.82, 2.24) is 14.7 Å². The molecule has 0 radical (unpaired) electrons. The molecule has 1 N–H and O–H groups in total. The molecule has 0 aromatic carbocycles. The third-order valence-electron chi connectivity index (χ3n) is 4.50. The molecule has 9 nitrogen and oxygen atoms in total. The Morgan fingerprint density at radius 1 is 1.48 bits per heavy atom. The summed E-state index contributed by atoms with van der Waals surface area (Å²) in [6.45, 7) is 3.03. The third-order valence-corrected chi connectivity index (χ3v) is 4.50. The fourth-order valence-electron chi connectivity index (χ4n) is 3.15. The largest absolute Gasteiger partial charge is 0.472 e. The van der Waals surface area contributed by atoms with Gasteiger partial charge in [0, 0.05) is 26.2 Å². The van der Waals surface area contributed by atoms with Gasteiger partial charge in [-0.2, -0.15) is 5.10 Å². The Morgan fingerprint density at radius 2 is 2.20 bits per heavy atom. The van der Waals surface area contributed by atoms with Crippen LogP contribution in [-0.2, 0) is 13.5 Å². The molecule has 0 saturated carbocycles. The van der Waals surface area contributed by atoms with E-state index >= 15 is 0 Å². The SMILES string of the molecule is CCc1nn(C)c(NC2CCN(C(=O)c3ccoc3)CC2)c1[N+](=O)[O-]. The van der Waals surface area contributed by atoms with Gasteiger partial charge < -0.3 is 14.6 Å². The lowest BCUT2D eigenvalue weighted by atomic mass is 10.0. The van der Waals surface area contributed by atoms with E-state index in [-0.39, 0.29) is 22.6 Å². The average molecular weight is 347 g/mol. The molecular formula is C16H21N5O4. The molecule has 9 heteroatoms. The number of furan rings is 1. The van der Waals surface area contributed by atoms with Gasteiger partial charge >= 0.3 is 5.69 Å². The van der Waals surface area contributed by atoms with Crippen LogP contribution in [-0.4, -0.2) is 44.6 Å². The lowest BCUT2D eigenvalue weighted by molar-refractivity contribution is -0.384. The number of nitro groups is 1. The van der Waals surface area contributed by atoms with Crippen LogP contribution in [0.1, 0.15) is 35.8 Å². The van der Waals surface area contributed by atoms with Gasteiger partial charge in [0.2, 0.25) is 5.82 Å².